The minimum absolute atomic E-state index is 0.0204. The van der Waals surface area contributed by atoms with Gasteiger partial charge in [0.1, 0.15) is 10.6 Å². The summed E-state index contributed by atoms with van der Waals surface area (Å²) in [5.41, 5.74) is 0.429. The van der Waals surface area contributed by atoms with E-state index < -0.39 is 21.0 Å². The van der Waals surface area contributed by atoms with Crippen LogP contribution in [0, 0.1) is 0 Å². The van der Waals surface area contributed by atoms with Crippen molar-refractivity contribution in [3.8, 4) is 5.75 Å². The van der Waals surface area contributed by atoms with Crippen LogP contribution in [0.25, 0.3) is 0 Å². The van der Waals surface area contributed by atoms with Gasteiger partial charge < -0.3 is 10.4 Å². The second-order valence-electron chi connectivity index (χ2n) is 4.33. The van der Waals surface area contributed by atoms with Crippen molar-refractivity contribution < 1.29 is 22.2 Å². The summed E-state index contributed by atoms with van der Waals surface area (Å²) in [4.78, 5) is 11.3. The van der Waals surface area contributed by atoms with Gasteiger partial charge in [-0.3, -0.25) is 4.79 Å². The van der Waals surface area contributed by atoms with Crippen molar-refractivity contribution in [2.45, 2.75) is 11.3 Å². The molecular weight excluding hydrogens is 297 g/mol. The molecule has 110 valence electrons. The third-order valence-electron chi connectivity index (χ3n) is 2.70. The Morgan fingerprint density at radius 2 is 1.86 bits per heavy atom. The fourth-order valence-corrected chi connectivity index (χ4v) is 2.45. The topological polar surface area (TPSA) is 83.5 Å². The largest absolute Gasteiger partial charge is 0.508 e. The van der Waals surface area contributed by atoms with Crippen LogP contribution < -0.4 is 5.32 Å². The number of anilines is 1. The molecule has 0 atom stereocenters. The molecule has 0 aliphatic heterocycles. The molecule has 0 heterocycles. The number of para-hydroxylation sites is 1. The minimum Gasteiger partial charge on any atom is -0.508 e. The molecule has 2 N–H and O–H groups in total. The molecule has 2 rings (SSSR count). The van der Waals surface area contributed by atoms with Gasteiger partial charge in [0.2, 0.25) is 5.91 Å². The lowest BCUT2D eigenvalue weighted by Gasteiger charge is -2.08. The lowest BCUT2D eigenvalue weighted by Crippen LogP contribution is -2.16. The molecule has 0 spiro atoms. The van der Waals surface area contributed by atoms with Crippen molar-refractivity contribution in [3.05, 3.63) is 54.1 Å². The molecule has 0 aliphatic rings. The van der Waals surface area contributed by atoms with Crippen molar-refractivity contribution >= 4 is 21.8 Å². The summed E-state index contributed by atoms with van der Waals surface area (Å²) in [5, 5.41) is 11.7. The Hall–Kier alpha value is -2.41. The highest BCUT2D eigenvalue weighted by Gasteiger charge is 2.18. The first kappa shape index (κ1) is 15.0. The van der Waals surface area contributed by atoms with Crippen LogP contribution in [0.1, 0.15) is 5.56 Å². The molecule has 0 saturated heterocycles. The first-order chi connectivity index (χ1) is 9.86. The van der Waals surface area contributed by atoms with Gasteiger partial charge in [0, 0.05) is 0 Å². The highest BCUT2D eigenvalue weighted by atomic mass is 32.3. The van der Waals surface area contributed by atoms with Crippen LogP contribution in [0.4, 0.5) is 9.57 Å². The van der Waals surface area contributed by atoms with E-state index in [1.807, 2.05) is 0 Å². The van der Waals surface area contributed by atoms with E-state index in [0.29, 0.717) is 5.56 Å². The molecule has 1 amide bonds. The zero-order valence-corrected chi connectivity index (χ0v) is 11.6. The number of carbonyl (C=O) groups excluding carboxylic acids is 1. The number of hydrogen-bond donors (Lipinski definition) is 2. The lowest BCUT2D eigenvalue weighted by atomic mass is 10.1. The minimum atomic E-state index is -4.91. The molecule has 0 bridgehead atoms. The number of aromatic hydroxyl groups is 1. The Labute approximate surface area is 121 Å². The summed E-state index contributed by atoms with van der Waals surface area (Å²) in [6, 6.07) is 11.3. The molecule has 0 aromatic heterocycles. The summed E-state index contributed by atoms with van der Waals surface area (Å²) in [6.45, 7) is 0. The molecule has 2 aromatic rings. The standard InChI is InChI=1S/C14H12FNO4S/c15-21(19,20)13-7-2-1-6-12(13)16-14(18)9-10-4-3-5-11(17)8-10/h1-8,17H,9H2,(H,16,18). The van der Waals surface area contributed by atoms with Crippen LogP contribution in [0.15, 0.2) is 53.4 Å². The Morgan fingerprint density at radius 1 is 1.14 bits per heavy atom. The van der Waals surface area contributed by atoms with Crippen LogP contribution in [0.2, 0.25) is 0 Å². The van der Waals surface area contributed by atoms with Gasteiger partial charge >= 0.3 is 10.2 Å². The van der Waals surface area contributed by atoms with Crippen molar-refractivity contribution in [2.75, 3.05) is 5.32 Å². The van der Waals surface area contributed by atoms with Gasteiger partial charge in [-0.2, -0.15) is 8.42 Å². The first-order valence-electron chi connectivity index (χ1n) is 5.98. The predicted octanol–water partition coefficient (Wildman–Crippen LogP) is 2.23. The highest BCUT2D eigenvalue weighted by molar-refractivity contribution is 7.86. The predicted molar refractivity (Wildman–Crippen MR) is 75.2 cm³/mol. The van der Waals surface area contributed by atoms with Gasteiger partial charge in [-0.05, 0) is 29.8 Å². The fourth-order valence-electron chi connectivity index (χ4n) is 1.83. The van der Waals surface area contributed by atoms with E-state index in [1.54, 1.807) is 12.1 Å². The lowest BCUT2D eigenvalue weighted by molar-refractivity contribution is -0.115. The van der Waals surface area contributed by atoms with Crippen molar-refractivity contribution in [1.29, 1.82) is 0 Å². The molecule has 2 aromatic carbocycles. The van der Waals surface area contributed by atoms with E-state index >= 15 is 0 Å². The average Bonchev–Trinajstić information content (AvgIpc) is 2.37. The summed E-state index contributed by atoms with van der Waals surface area (Å²) in [6.07, 6.45) is -0.0743. The quantitative estimate of drug-likeness (QED) is 0.848. The highest BCUT2D eigenvalue weighted by Crippen LogP contribution is 2.23. The number of rotatable bonds is 4. The van der Waals surface area contributed by atoms with Gasteiger partial charge in [0.15, 0.2) is 0 Å². The van der Waals surface area contributed by atoms with Crippen LogP contribution in [-0.4, -0.2) is 19.4 Å². The normalized spacial score (nSPS) is 11.1. The van der Waals surface area contributed by atoms with E-state index in [2.05, 4.69) is 5.32 Å². The van der Waals surface area contributed by atoms with Gasteiger partial charge in [0.25, 0.3) is 0 Å². The van der Waals surface area contributed by atoms with Crippen LogP contribution >= 0.6 is 0 Å². The smallest absolute Gasteiger partial charge is 0.334 e. The molecule has 0 fully saturated rings. The third-order valence-corrected chi connectivity index (χ3v) is 3.58. The number of hydrogen-bond acceptors (Lipinski definition) is 4. The Morgan fingerprint density at radius 3 is 2.52 bits per heavy atom. The molecular formula is C14H12FNO4S. The first-order valence-corrected chi connectivity index (χ1v) is 7.36. The molecule has 7 heteroatoms. The zero-order valence-electron chi connectivity index (χ0n) is 10.8. The second kappa shape index (κ2) is 5.92. The van der Waals surface area contributed by atoms with Gasteiger partial charge in [-0.1, -0.05) is 24.3 Å². The summed E-state index contributed by atoms with van der Waals surface area (Å²) >= 11 is 0. The SMILES string of the molecule is O=C(Cc1cccc(O)c1)Nc1ccccc1S(=O)(=O)F. The summed E-state index contributed by atoms with van der Waals surface area (Å²) in [7, 11) is -4.91. The summed E-state index contributed by atoms with van der Waals surface area (Å²) in [5.74, 6) is -0.497. The van der Waals surface area contributed by atoms with Crippen LogP contribution in [-0.2, 0) is 21.4 Å². The number of carbonyl (C=O) groups is 1. The molecule has 5 nitrogen and oxygen atoms in total. The van der Waals surface area contributed by atoms with Crippen molar-refractivity contribution in [2.24, 2.45) is 0 Å². The Kier molecular flexibility index (Phi) is 4.23. The van der Waals surface area contributed by atoms with Crippen molar-refractivity contribution in [1.82, 2.24) is 0 Å². The third kappa shape index (κ3) is 4.03. The molecule has 0 aliphatic carbocycles. The molecule has 21 heavy (non-hydrogen) atoms. The number of halogens is 1. The molecule has 0 saturated carbocycles. The maximum Gasteiger partial charge on any atom is 0.334 e. The second-order valence-corrected chi connectivity index (χ2v) is 5.64. The number of phenolic OH excluding ortho intramolecular Hbond substituents is 1. The zero-order chi connectivity index (χ0) is 15.5. The van der Waals surface area contributed by atoms with E-state index in [4.69, 9.17) is 0 Å². The maximum absolute atomic E-state index is 13.1. The average molecular weight is 309 g/mol. The van der Waals surface area contributed by atoms with E-state index in [9.17, 15) is 22.2 Å². The van der Waals surface area contributed by atoms with Crippen LogP contribution in [0.3, 0.4) is 0 Å². The maximum atomic E-state index is 13.1. The van der Waals surface area contributed by atoms with Crippen LogP contribution in [0.5, 0.6) is 5.75 Å². The fraction of sp³-hybridized carbons (Fsp3) is 0.0714. The van der Waals surface area contributed by atoms with Gasteiger partial charge in [0.05, 0.1) is 12.1 Å². The van der Waals surface area contributed by atoms with Gasteiger partial charge in [-0.15, -0.1) is 3.89 Å². The van der Waals surface area contributed by atoms with Gasteiger partial charge in [-0.25, -0.2) is 0 Å². The Bertz CT molecular complexity index is 774. The Balaban J connectivity index is 2.17. The number of nitrogens with one attached hydrogen (secondary N) is 1. The molecule has 0 unspecified atom stereocenters. The van der Waals surface area contributed by atoms with Crippen molar-refractivity contribution in [3.63, 3.8) is 0 Å². The monoisotopic (exact) mass is 309 g/mol. The molecule has 0 radical (unpaired) electrons. The number of phenols is 1. The number of benzene rings is 2. The number of amides is 1. The van der Waals surface area contributed by atoms with E-state index in [0.717, 1.165) is 6.07 Å². The van der Waals surface area contributed by atoms with E-state index in [-0.39, 0.29) is 17.9 Å². The summed E-state index contributed by atoms with van der Waals surface area (Å²) < 4.78 is 35.1. The van der Waals surface area contributed by atoms with E-state index in [1.165, 1.54) is 30.3 Å².